The van der Waals surface area contributed by atoms with Gasteiger partial charge >= 0.3 is 5.97 Å². The van der Waals surface area contributed by atoms with Crippen LogP contribution in [0.15, 0.2) is 11.6 Å². The molecule has 0 radical (unpaired) electrons. The molecule has 0 aliphatic heterocycles. The summed E-state index contributed by atoms with van der Waals surface area (Å²) in [5, 5.41) is 9.02. The summed E-state index contributed by atoms with van der Waals surface area (Å²) < 4.78 is 0. The fourth-order valence-electron chi connectivity index (χ4n) is 1.82. The second kappa shape index (κ2) is 3.32. The average Bonchev–Trinajstić information content (AvgIpc) is 2.04. The molecule has 1 N–H and O–H groups in total. The molecule has 0 amide bonds. The third-order valence-electron chi connectivity index (χ3n) is 2.68. The molecule has 0 unspecified atom stereocenters. The minimum atomic E-state index is -0.954. The molecule has 0 bridgehead atoms. The van der Waals surface area contributed by atoms with Crippen molar-refractivity contribution in [1.29, 1.82) is 0 Å². The third-order valence-corrected chi connectivity index (χ3v) is 2.68. The summed E-state index contributed by atoms with van der Waals surface area (Å²) in [6.45, 7) is 3.06. The molecule has 1 aliphatic carbocycles. The van der Waals surface area contributed by atoms with Crippen LogP contribution in [0.2, 0.25) is 0 Å². The van der Waals surface area contributed by atoms with Gasteiger partial charge in [0.2, 0.25) is 0 Å². The number of carbonyl (C=O) groups excluding carboxylic acids is 1. The number of ketones is 1. The number of carboxylic acids is 1. The number of allylic oxidation sites excluding steroid dienone is 1. The average molecular weight is 182 g/mol. The zero-order valence-corrected chi connectivity index (χ0v) is 7.96. The van der Waals surface area contributed by atoms with Crippen LogP contribution in [0.25, 0.3) is 0 Å². The highest BCUT2D eigenvalue weighted by molar-refractivity contribution is 6.00. The van der Waals surface area contributed by atoms with Gasteiger partial charge in [-0.3, -0.25) is 9.59 Å². The Morgan fingerprint density at radius 3 is 2.54 bits per heavy atom. The van der Waals surface area contributed by atoms with Gasteiger partial charge in [0.05, 0.1) is 5.41 Å². The first-order valence-electron chi connectivity index (χ1n) is 4.43. The second-order valence-corrected chi connectivity index (χ2v) is 3.70. The third kappa shape index (κ3) is 1.64. The Hall–Kier alpha value is -1.12. The van der Waals surface area contributed by atoms with Gasteiger partial charge in [0.25, 0.3) is 0 Å². The van der Waals surface area contributed by atoms with E-state index in [0.29, 0.717) is 12.0 Å². The fourth-order valence-corrected chi connectivity index (χ4v) is 1.82. The van der Waals surface area contributed by atoms with Crippen LogP contribution >= 0.6 is 0 Å². The van der Waals surface area contributed by atoms with Crippen LogP contribution in [0.4, 0.5) is 0 Å². The van der Waals surface area contributed by atoms with Crippen LogP contribution in [0, 0.1) is 5.41 Å². The number of carboxylic acid groups (broad SMARTS) is 1. The second-order valence-electron chi connectivity index (χ2n) is 3.70. The van der Waals surface area contributed by atoms with Gasteiger partial charge in [0, 0.05) is 5.57 Å². The molecule has 0 aromatic carbocycles. The zero-order valence-electron chi connectivity index (χ0n) is 7.96. The van der Waals surface area contributed by atoms with Crippen molar-refractivity contribution in [3.8, 4) is 0 Å². The molecule has 72 valence electrons. The number of rotatable bonds is 2. The van der Waals surface area contributed by atoms with Crippen molar-refractivity contribution in [2.75, 3.05) is 0 Å². The SMILES string of the molecule is CC(=O)C1=CCCC[C@@]1(C)C(=O)O. The largest absolute Gasteiger partial charge is 0.481 e. The highest BCUT2D eigenvalue weighted by atomic mass is 16.4. The topological polar surface area (TPSA) is 54.4 Å². The monoisotopic (exact) mass is 182 g/mol. The van der Waals surface area contributed by atoms with Crippen molar-refractivity contribution < 1.29 is 14.7 Å². The first-order valence-corrected chi connectivity index (χ1v) is 4.43. The van der Waals surface area contributed by atoms with Crippen molar-refractivity contribution >= 4 is 11.8 Å². The normalized spacial score (nSPS) is 28.0. The molecular weight excluding hydrogens is 168 g/mol. The summed E-state index contributed by atoms with van der Waals surface area (Å²) in [5.74, 6) is -1.02. The van der Waals surface area contributed by atoms with Crippen molar-refractivity contribution in [2.24, 2.45) is 5.41 Å². The Bertz CT molecular complexity index is 278. The van der Waals surface area contributed by atoms with Gasteiger partial charge in [-0.25, -0.2) is 0 Å². The van der Waals surface area contributed by atoms with E-state index in [9.17, 15) is 9.59 Å². The maximum Gasteiger partial charge on any atom is 0.313 e. The first-order chi connectivity index (χ1) is 5.98. The van der Waals surface area contributed by atoms with E-state index in [2.05, 4.69) is 0 Å². The van der Waals surface area contributed by atoms with Gasteiger partial charge in [-0.05, 0) is 33.1 Å². The van der Waals surface area contributed by atoms with Crippen molar-refractivity contribution in [3.05, 3.63) is 11.6 Å². The molecule has 1 aliphatic rings. The van der Waals surface area contributed by atoms with E-state index >= 15 is 0 Å². The fraction of sp³-hybridized carbons (Fsp3) is 0.600. The molecule has 13 heavy (non-hydrogen) atoms. The van der Waals surface area contributed by atoms with Gasteiger partial charge in [0.1, 0.15) is 0 Å². The predicted molar refractivity (Wildman–Crippen MR) is 48.4 cm³/mol. The Kier molecular flexibility index (Phi) is 2.55. The molecular formula is C10H14O3. The zero-order chi connectivity index (χ0) is 10.1. The van der Waals surface area contributed by atoms with Crippen LogP contribution in [-0.4, -0.2) is 16.9 Å². The van der Waals surface area contributed by atoms with Crippen LogP contribution in [0.1, 0.15) is 33.1 Å². The quantitative estimate of drug-likeness (QED) is 0.708. The summed E-state index contributed by atoms with van der Waals surface area (Å²) in [6.07, 6.45) is 3.99. The van der Waals surface area contributed by atoms with Crippen molar-refractivity contribution in [3.63, 3.8) is 0 Å². The molecule has 1 rings (SSSR count). The standard InChI is InChI=1S/C10H14O3/c1-7(11)8-5-3-4-6-10(8,2)9(12)13/h5H,3-4,6H2,1-2H3,(H,12,13)/t10-/m1/s1. The van der Waals surface area contributed by atoms with Crippen LogP contribution in [0.5, 0.6) is 0 Å². The van der Waals surface area contributed by atoms with Gasteiger partial charge < -0.3 is 5.11 Å². The predicted octanol–water partition coefficient (Wildman–Crippen LogP) is 1.78. The lowest BCUT2D eigenvalue weighted by Crippen LogP contribution is -2.34. The maximum atomic E-state index is 11.2. The van der Waals surface area contributed by atoms with Crippen molar-refractivity contribution in [2.45, 2.75) is 33.1 Å². The number of hydrogen-bond acceptors (Lipinski definition) is 2. The van der Waals surface area contributed by atoms with E-state index in [4.69, 9.17) is 5.11 Å². The molecule has 0 aromatic heterocycles. The summed E-state index contributed by atoms with van der Waals surface area (Å²) in [4.78, 5) is 22.2. The Morgan fingerprint density at radius 1 is 1.54 bits per heavy atom. The highest BCUT2D eigenvalue weighted by Gasteiger charge is 2.40. The Balaban J connectivity index is 3.08. The van der Waals surface area contributed by atoms with E-state index in [1.807, 2.05) is 0 Å². The smallest absolute Gasteiger partial charge is 0.313 e. The Labute approximate surface area is 77.4 Å². The summed E-state index contributed by atoms with van der Waals surface area (Å²) in [7, 11) is 0. The molecule has 0 saturated carbocycles. The van der Waals surface area contributed by atoms with E-state index in [1.165, 1.54) is 6.92 Å². The van der Waals surface area contributed by atoms with E-state index < -0.39 is 11.4 Å². The maximum absolute atomic E-state index is 11.2. The van der Waals surface area contributed by atoms with E-state index in [-0.39, 0.29) is 5.78 Å². The van der Waals surface area contributed by atoms with E-state index in [0.717, 1.165) is 12.8 Å². The first kappa shape index (κ1) is 9.96. The van der Waals surface area contributed by atoms with Crippen LogP contribution < -0.4 is 0 Å². The number of carbonyl (C=O) groups is 2. The van der Waals surface area contributed by atoms with Gasteiger partial charge in [0.15, 0.2) is 5.78 Å². The molecule has 0 aromatic rings. The number of aliphatic carboxylic acids is 1. The molecule has 0 fully saturated rings. The summed E-state index contributed by atoms with van der Waals surface area (Å²) in [6, 6.07) is 0. The van der Waals surface area contributed by atoms with Gasteiger partial charge in [-0.2, -0.15) is 0 Å². The number of Topliss-reactive ketones (excluding diaryl/α,β-unsaturated/α-hetero) is 1. The highest BCUT2D eigenvalue weighted by Crippen LogP contribution is 2.37. The lowest BCUT2D eigenvalue weighted by atomic mass is 9.73. The lowest BCUT2D eigenvalue weighted by molar-refractivity contribution is -0.147. The molecule has 1 atom stereocenters. The minimum Gasteiger partial charge on any atom is -0.481 e. The minimum absolute atomic E-state index is 0.121. The van der Waals surface area contributed by atoms with Crippen LogP contribution in [0.3, 0.4) is 0 Å². The van der Waals surface area contributed by atoms with E-state index in [1.54, 1.807) is 13.0 Å². The van der Waals surface area contributed by atoms with Crippen LogP contribution in [-0.2, 0) is 9.59 Å². The molecule has 0 heterocycles. The number of hydrogen-bond donors (Lipinski definition) is 1. The lowest BCUT2D eigenvalue weighted by Gasteiger charge is -2.29. The van der Waals surface area contributed by atoms with Gasteiger partial charge in [-0.15, -0.1) is 0 Å². The summed E-state index contributed by atoms with van der Waals surface area (Å²) >= 11 is 0. The molecule has 0 spiro atoms. The van der Waals surface area contributed by atoms with Crippen molar-refractivity contribution in [1.82, 2.24) is 0 Å². The molecule has 3 heteroatoms. The molecule has 0 saturated heterocycles. The summed E-state index contributed by atoms with van der Waals surface area (Å²) in [5.41, 5.74) is -0.490. The Morgan fingerprint density at radius 2 is 2.15 bits per heavy atom. The molecule has 3 nitrogen and oxygen atoms in total. The van der Waals surface area contributed by atoms with Gasteiger partial charge in [-0.1, -0.05) is 6.08 Å².